The molecule has 4 heteroatoms. The van der Waals surface area contributed by atoms with Crippen LogP contribution in [-0.2, 0) is 14.2 Å². The van der Waals surface area contributed by atoms with Crippen LogP contribution in [0.4, 0.5) is 0 Å². The van der Waals surface area contributed by atoms with E-state index in [-0.39, 0.29) is 18.7 Å². The Hall–Kier alpha value is -1.39. The summed E-state index contributed by atoms with van der Waals surface area (Å²) >= 11 is 0. The Morgan fingerprint density at radius 1 is 1.41 bits per heavy atom. The molecule has 0 radical (unpaired) electrons. The van der Waals surface area contributed by atoms with Crippen LogP contribution in [0.1, 0.15) is 24.2 Å². The van der Waals surface area contributed by atoms with Crippen molar-refractivity contribution in [2.75, 3.05) is 13.2 Å². The van der Waals surface area contributed by atoms with Gasteiger partial charge in [0, 0.05) is 0 Å². The molecule has 17 heavy (non-hydrogen) atoms. The summed E-state index contributed by atoms with van der Waals surface area (Å²) in [5.74, 6) is -0.914. The number of carbonyl (C=O) groups excluding carboxylic acids is 1. The molecule has 1 aromatic carbocycles. The lowest BCUT2D eigenvalue weighted by atomic mass is 10.2. The Kier molecular flexibility index (Phi) is 3.45. The molecule has 1 aliphatic rings. The highest BCUT2D eigenvalue weighted by Gasteiger charge is 2.33. The highest BCUT2D eigenvalue weighted by atomic mass is 16.7. The second-order valence-electron chi connectivity index (χ2n) is 4.42. The van der Waals surface area contributed by atoms with Crippen molar-refractivity contribution in [3.8, 4) is 0 Å². The van der Waals surface area contributed by atoms with Crippen LogP contribution in [0.25, 0.3) is 0 Å². The quantitative estimate of drug-likeness (QED) is 0.753. The lowest BCUT2D eigenvalue weighted by Gasteiger charge is -2.16. The average molecular weight is 236 g/mol. The first-order valence-electron chi connectivity index (χ1n) is 5.61. The Balaban J connectivity index is 1.82. The smallest absolute Gasteiger partial charge is 0.338 e. The molecule has 0 spiro atoms. The molecule has 1 heterocycles. The summed E-state index contributed by atoms with van der Waals surface area (Å²) in [5, 5.41) is 0. The average Bonchev–Trinajstić information content (AvgIpc) is 2.67. The van der Waals surface area contributed by atoms with E-state index >= 15 is 0 Å². The SMILES string of the molecule is CC1(C)OC[C@H](COC(=O)c2ccccc2)O1. The third-order valence-electron chi connectivity index (χ3n) is 2.48. The molecule has 4 nitrogen and oxygen atoms in total. The molecule has 0 aromatic heterocycles. The van der Waals surface area contributed by atoms with Gasteiger partial charge in [0.25, 0.3) is 0 Å². The van der Waals surface area contributed by atoms with Crippen LogP contribution in [0.15, 0.2) is 30.3 Å². The Morgan fingerprint density at radius 3 is 2.71 bits per heavy atom. The van der Waals surface area contributed by atoms with E-state index < -0.39 is 5.79 Å². The fourth-order valence-electron chi connectivity index (χ4n) is 1.67. The van der Waals surface area contributed by atoms with Crippen LogP contribution in [0.3, 0.4) is 0 Å². The minimum absolute atomic E-state index is 0.183. The fourth-order valence-corrected chi connectivity index (χ4v) is 1.67. The van der Waals surface area contributed by atoms with E-state index in [2.05, 4.69) is 0 Å². The molecular weight excluding hydrogens is 220 g/mol. The molecule has 0 aliphatic carbocycles. The highest BCUT2D eigenvalue weighted by molar-refractivity contribution is 5.89. The van der Waals surface area contributed by atoms with Crippen LogP contribution in [-0.4, -0.2) is 31.1 Å². The van der Waals surface area contributed by atoms with Crippen molar-refractivity contribution < 1.29 is 19.0 Å². The van der Waals surface area contributed by atoms with E-state index in [0.717, 1.165) is 0 Å². The maximum atomic E-state index is 11.6. The maximum Gasteiger partial charge on any atom is 0.338 e. The number of carbonyl (C=O) groups is 1. The van der Waals surface area contributed by atoms with Gasteiger partial charge in [-0.25, -0.2) is 4.79 Å². The summed E-state index contributed by atoms with van der Waals surface area (Å²) in [5.41, 5.74) is 0.547. The van der Waals surface area contributed by atoms with Crippen LogP contribution in [0, 0.1) is 0 Å². The molecule has 2 rings (SSSR count). The van der Waals surface area contributed by atoms with E-state index in [1.165, 1.54) is 0 Å². The second kappa shape index (κ2) is 4.85. The largest absolute Gasteiger partial charge is 0.459 e. The van der Waals surface area contributed by atoms with E-state index in [1.807, 2.05) is 19.9 Å². The topological polar surface area (TPSA) is 44.8 Å². The standard InChI is InChI=1S/C13H16O4/c1-13(2)16-9-11(17-13)8-15-12(14)10-6-4-3-5-7-10/h3-7,11H,8-9H2,1-2H3/t11-/m0/s1. The minimum atomic E-state index is -0.580. The van der Waals surface area contributed by atoms with Crippen molar-refractivity contribution in [2.45, 2.75) is 25.7 Å². The van der Waals surface area contributed by atoms with Gasteiger partial charge < -0.3 is 14.2 Å². The van der Waals surface area contributed by atoms with Crippen LogP contribution in [0.5, 0.6) is 0 Å². The van der Waals surface area contributed by atoms with Gasteiger partial charge in [-0.15, -0.1) is 0 Å². The van der Waals surface area contributed by atoms with Crippen LogP contribution >= 0.6 is 0 Å². The second-order valence-corrected chi connectivity index (χ2v) is 4.42. The van der Waals surface area contributed by atoms with Gasteiger partial charge in [-0.2, -0.15) is 0 Å². The van der Waals surface area contributed by atoms with Crippen molar-refractivity contribution in [1.29, 1.82) is 0 Å². The zero-order valence-electron chi connectivity index (χ0n) is 10.0. The normalized spacial score (nSPS) is 22.4. The van der Waals surface area contributed by atoms with E-state index in [4.69, 9.17) is 14.2 Å². The first kappa shape index (κ1) is 12.1. The molecule has 1 aliphatic heterocycles. The zero-order chi connectivity index (χ0) is 12.3. The summed E-state index contributed by atoms with van der Waals surface area (Å²) in [6.07, 6.45) is -0.183. The van der Waals surface area contributed by atoms with Crippen molar-refractivity contribution in [3.05, 3.63) is 35.9 Å². The first-order valence-corrected chi connectivity index (χ1v) is 5.61. The monoisotopic (exact) mass is 236 g/mol. The molecule has 1 atom stereocenters. The van der Waals surface area contributed by atoms with Crippen molar-refractivity contribution in [1.82, 2.24) is 0 Å². The van der Waals surface area contributed by atoms with Crippen molar-refractivity contribution in [3.63, 3.8) is 0 Å². The van der Waals surface area contributed by atoms with Gasteiger partial charge in [-0.1, -0.05) is 18.2 Å². The van der Waals surface area contributed by atoms with E-state index in [0.29, 0.717) is 12.2 Å². The van der Waals surface area contributed by atoms with E-state index in [9.17, 15) is 4.79 Å². The molecule has 0 amide bonds. The Bertz CT molecular complexity index is 386. The predicted molar refractivity (Wildman–Crippen MR) is 61.6 cm³/mol. The van der Waals surface area contributed by atoms with Gasteiger partial charge in [-0.05, 0) is 26.0 Å². The molecule has 1 aromatic rings. The van der Waals surface area contributed by atoms with Gasteiger partial charge in [0.15, 0.2) is 5.79 Å². The molecule has 0 bridgehead atoms. The molecule has 1 saturated heterocycles. The van der Waals surface area contributed by atoms with Gasteiger partial charge in [0.2, 0.25) is 0 Å². The Labute approximate surface area is 100 Å². The first-order chi connectivity index (χ1) is 8.07. The van der Waals surface area contributed by atoms with E-state index in [1.54, 1.807) is 24.3 Å². The number of benzene rings is 1. The number of rotatable bonds is 3. The number of ether oxygens (including phenoxy) is 3. The Morgan fingerprint density at radius 2 is 2.12 bits per heavy atom. The minimum Gasteiger partial charge on any atom is -0.459 e. The van der Waals surface area contributed by atoms with Gasteiger partial charge >= 0.3 is 5.97 Å². The number of hydrogen-bond donors (Lipinski definition) is 0. The van der Waals surface area contributed by atoms with Gasteiger partial charge in [0.1, 0.15) is 12.7 Å². The maximum absolute atomic E-state index is 11.6. The summed E-state index contributed by atoms with van der Waals surface area (Å²) in [6, 6.07) is 8.90. The molecular formula is C13H16O4. The molecule has 0 saturated carbocycles. The molecule has 0 N–H and O–H groups in total. The van der Waals surface area contributed by atoms with Crippen molar-refractivity contribution >= 4 is 5.97 Å². The number of hydrogen-bond acceptors (Lipinski definition) is 4. The molecule has 92 valence electrons. The van der Waals surface area contributed by atoms with Crippen molar-refractivity contribution in [2.24, 2.45) is 0 Å². The predicted octanol–water partition coefficient (Wildman–Crippen LogP) is 1.99. The van der Waals surface area contributed by atoms with Crippen LogP contribution < -0.4 is 0 Å². The fraction of sp³-hybridized carbons (Fsp3) is 0.462. The highest BCUT2D eigenvalue weighted by Crippen LogP contribution is 2.22. The summed E-state index contributed by atoms with van der Waals surface area (Å²) in [4.78, 5) is 11.6. The lowest BCUT2D eigenvalue weighted by Crippen LogP contribution is -2.25. The third kappa shape index (κ3) is 3.28. The van der Waals surface area contributed by atoms with Gasteiger partial charge in [-0.3, -0.25) is 0 Å². The molecule has 0 unspecified atom stereocenters. The molecule has 1 fully saturated rings. The third-order valence-corrected chi connectivity index (χ3v) is 2.48. The summed E-state index contributed by atoms with van der Waals surface area (Å²) in [6.45, 7) is 4.35. The summed E-state index contributed by atoms with van der Waals surface area (Å²) in [7, 11) is 0. The van der Waals surface area contributed by atoms with Crippen LogP contribution in [0.2, 0.25) is 0 Å². The summed E-state index contributed by atoms with van der Waals surface area (Å²) < 4.78 is 16.1. The zero-order valence-corrected chi connectivity index (χ0v) is 10.0. The van der Waals surface area contributed by atoms with Gasteiger partial charge in [0.05, 0.1) is 12.2 Å². The lowest BCUT2D eigenvalue weighted by molar-refractivity contribution is -0.142. The number of esters is 1.